The Hall–Kier alpha value is -3.93. The van der Waals surface area contributed by atoms with E-state index in [9.17, 15) is 14.4 Å². The summed E-state index contributed by atoms with van der Waals surface area (Å²) in [7, 11) is 0. The molecule has 0 aliphatic heterocycles. The number of hydrogen-bond donors (Lipinski definition) is 0. The number of hydrogen-bond acceptors (Lipinski definition) is 6. The zero-order chi connectivity index (χ0) is 52.2. The van der Waals surface area contributed by atoms with Crippen LogP contribution in [0.1, 0.15) is 271 Å². The van der Waals surface area contributed by atoms with Crippen molar-refractivity contribution < 1.29 is 28.6 Å². The molecule has 0 heterocycles. The maximum absolute atomic E-state index is 12.9. The van der Waals surface area contributed by atoms with E-state index < -0.39 is 6.10 Å². The SMILES string of the molecule is CC/C=C\C/C=C\C/C=C\CCCCCCCCCCCC(=O)OCC(COC(=O)CCCCCCCC/C=C\C/C=C\C/C=C\CC)OC(=O)CCCCCCCCCCC/C=C\C/C=C\C/C=C\CC. The molecule has 0 saturated heterocycles. The van der Waals surface area contributed by atoms with E-state index in [4.69, 9.17) is 14.2 Å². The summed E-state index contributed by atoms with van der Waals surface area (Å²) in [4.78, 5) is 38.3. The van der Waals surface area contributed by atoms with Crippen molar-refractivity contribution in [3.8, 4) is 0 Å². The van der Waals surface area contributed by atoms with Gasteiger partial charge in [0, 0.05) is 19.3 Å². The van der Waals surface area contributed by atoms with Crippen molar-refractivity contribution in [3.05, 3.63) is 109 Å². The molecule has 0 bridgehead atoms. The smallest absolute Gasteiger partial charge is 0.306 e. The Labute approximate surface area is 444 Å². The van der Waals surface area contributed by atoms with E-state index in [1.54, 1.807) is 0 Å². The van der Waals surface area contributed by atoms with E-state index in [1.807, 2.05) is 0 Å². The molecule has 1 unspecified atom stereocenters. The van der Waals surface area contributed by atoms with Gasteiger partial charge in [-0.3, -0.25) is 14.4 Å². The number of unbranched alkanes of at least 4 members (excludes halogenated alkanes) is 24. The van der Waals surface area contributed by atoms with Crippen LogP contribution in [0.15, 0.2) is 109 Å². The quantitative estimate of drug-likeness (QED) is 0.0261. The zero-order valence-corrected chi connectivity index (χ0v) is 46.9. The van der Waals surface area contributed by atoms with Crippen LogP contribution in [0.2, 0.25) is 0 Å². The van der Waals surface area contributed by atoms with Crippen LogP contribution in [0.25, 0.3) is 0 Å². The van der Waals surface area contributed by atoms with Crippen LogP contribution >= 0.6 is 0 Å². The van der Waals surface area contributed by atoms with E-state index in [0.29, 0.717) is 19.3 Å². The van der Waals surface area contributed by atoms with Gasteiger partial charge in [-0.1, -0.05) is 246 Å². The average Bonchev–Trinajstić information content (AvgIpc) is 3.38. The molecule has 0 fully saturated rings. The monoisotopic (exact) mass is 999 g/mol. The third-order valence-electron chi connectivity index (χ3n) is 12.5. The van der Waals surface area contributed by atoms with Gasteiger partial charge in [-0.2, -0.15) is 0 Å². The van der Waals surface area contributed by atoms with Gasteiger partial charge in [0.05, 0.1) is 0 Å². The molecule has 0 aromatic rings. The van der Waals surface area contributed by atoms with Gasteiger partial charge < -0.3 is 14.2 Å². The van der Waals surface area contributed by atoms with Crippen molar-refractivity contribution in [2.45, 2.75) is 277 Å². The lowest BCUT2D eigenvalue weighted by molar-refractivity contribution is -0.167. The number of esters is 3. The Morgan fingerprint density at radius 2 is 0.500 bits per heavy atom. The molecule has 0 saturated carbocycles. The van der Waals surface area contributed by atoms with Crippen LogP contribution in [-0.2, 0) is 28.6 Å². The zero-order valence-electron chi connectivity index (χ0n) is 46.9. The molecule has 6 nitrogen and oxygen atoms in total. The van der Waals surface area contributed by atoms with E-state index in [1.165, 1.54) is 103 Å². The average molecular weight is 1000 g/mol. The summed E-state index contributed by atoms with van der Waals surface area (Å²) in [6, 6.07) is 0. The summed E-state index contributed by atoms with van der Waals surface area (Å²) in [6.45, 7) is 6.30. The lowest BCUT2D eigenvalue weighted by atomic mass is 10.1. The Balaban J connectivity index is 4.42. The largest absolute Gasteiger partial charge is 0.462 e. The van der Waals surface area contributed by atoms with Crippen molar-refractivity contribution in [2.24, 2.45) is 0 Å². The van der Waals surface area contributed by atoms with Gasteiger partial charge in [0.2, 0.25) is 0 Å². The van der Waals surface area contributed by atoms with Gasteiger partial charge in [0.25, 0.3) is 0 Å². The molecule has 0 aromatic carbocycles. The molecule has 0 amide bonds. The van der Waals surface area contributed by atoms with Crippen molar-refractivity contribution >= 4 is 17.9 Å². The van der Waals surface area contributed by atoms with E-state index in [2.05, 4.69) is 130 Å². The van der Waals surface area contributed by atoms with Crippen LogP contribution in [0.5, 0.6) is 0 Å². The third kappa shape index (κ3) is 57.0. The van der Waals surface area contributed by atoms with Crippen LogP contribution in [0.3, 0.4) is 0 Å². The Morgan fingerprint density at radius 3 is 0.778 bits per heavy atom. The van der Waals surface area contributed by atoms with Gasteiger partial charge in [-0.25, -0.2) is 0 Å². The van der Waals surface area contributed by atoms with Gasteiger partial charge in [0.1, 0.15) is 13.2 Å². The van der Waals surface area contributed by atoms with Crippen molar-refractivity contribution in [2.75, 3.05) is 13.2 Å². The summed E-state index contributed by atoms with van der Waals surface area (Å²) < 4.78 is 16.9. The Morgan fingerprint density at radius 1 is 0.278 bits per heavy atom. The summed E-state index contributed by atoms with van der Waals surface area (Å²) in [6.07, 6.45) is 80.8. The first-order valence-electron chi connectivity index (χ1n) is 29.9. The normalized spacial score (nSPS) is 12.9. The van der Waals surface area contributed by atoms with Crippen LogP contribution in [0, 0.1) is 0 Å². The first-order chi connectivity index (χ1) is 35.5. The molecule has 0 aromatic heterocycles. The molecule has 0 N–H and O–H groups in total. The molecule has 0 radical (unpaired) electrons. The number of carbonyl (C=O) groups excluding carboxylic acids is 3. The first kappa shape index (κ1) is 68.1. The second-order valence-electron chi connectivity index (χ2n) is 19.5. The molecule has 1 atom stereocenters. The van der Waals surface area contributed by atoms with Gasteiger partial charge in [-0.05, 0) is 116 Å². The van der Waals surface area contributed by atoms with E-state index >= 15 is 0 Å². The molecule has 6 heteroatoms. The minimum Gasteiger partial charge on any atom is -0.462 e. The summed E-state index contributed by atoms with van der Waals surface area (Å²) >= 11 is 0. The second kappa shape index (κ2) is 59.6. The minimum absolute atomic E-state index is 0.0883. The first-order valence-corrected chi connectivity index (χ1v) is 29.9. The third-order valence-corrected chi connectivity index (χ3v) is 12.5. The van der Waals surface area contributed by atoms with Gasteiger partial charge in [0.15, 0.2) is 6.10 Å². The predicted molar refractivity (Wildman–Crippen MR) is 311 cm³/mol. The topological polar surface area (TPSA) is 78.9 Å². The van der Waals surface area contributed by atoms with Crippen molar-refractivity contribution in [1.82, 2.24) is 0 Å². The highest BCUT2D eigenvalue weighted by Gasteiger charge is 2.19. The fraction of sp³-hybridized carbons (Fsp3) is 0.682. The fourth-order valence-electron chi connectivity index (χ4n) is 8.13. The summed E-state index contributed by atoms with van der Waals surface area (Å²) in [5.41, 5.74) is 0. The lowest BCUT2D eigenvalue weighted by Gasteiger charge is -2.18. The molecule has 0 aliphatic rings. The standard InChI is InChI=1S/C66H110O6/c1-4-7-10-13-16-19-22-25-28-31-33-35-38-41-44-47-50-53-56-59-65(68)71-62-63(61-70-64(67)58-55-52-49-46-43-40-37-30-27-24-21-18-15-12-9-6-3)72-66(69)60-57-54-51-48-45-42-39-36-34-32-29-26-23-20-17-14-11-8-5-2/h7-12,16-21,25-30,63H,4-6,13-15,22-24,31-62H2,1-3H3/b10-7-,11-8-,12-9-,19-16-,20-17-,21-18-,28-25-,29-26-,30-27-. The highest BCUT2D eigenvalue weighted by molar-refractivity contribution is 5.71. The lowest BCUT2D eigenvalue weighted by Crippen LogP contribution is -2.30. The second-order valence-corrected chi connectivity index (χ2v) is 19.5. The Bertz CT molecular complexity index is 1470. The number of carbonyl (C=O) groups is 3. The molecule has 0 spiro atoms. The number of rotatable bonds is 53. The van der Waals surface area contributed by atoms with Gasteiger partial charge >= 0.3 is 17.9 Å². The molecule has 410 valence electrons. The number of ether oxygens (including phenoxy) is 3. The van der Waals surface area contributed by atoms with Crippen molar-refractivity contribution in [3.63, 3.8) is 0 Å². The highest BCUT2D eigenvalue weighted by atomic mass is 16.6. The van der Waals surface area contributed by atoms with E-state index in [0.717, 1.165) is 128 Å². The van der Waals surface area contributed by atoms with Crippen molar-refractivity contribution in [1.29, 1.82) is 0 Å². The molecule has 72 heavy (non-hydrogen) atoms. The predicted octanol–water partition coefficient (Wildman–Crippen LogP) is 20.3. The maximum Gasteiger partial charge on any atom is 0.306 e. The highest BCUT2D eigenvalue weighted by Crippen LogP contribution is 2.15. The summed E-state index contributed by atoms with van der Waals surface area (Å²) in [5, 5.41) is 0. The van der Waals surface area contributed by atoms with Crippen LogP contribution in [-0.4, -0.2) is 37.2 Å². The maximum atomic E-state index is 12.9. The van der Waals surface area contributed by atoms with E-state index in [-0.39, 0.29) is 31.1 Å². The molecular weight excluding hydrogens is 889 g/mol. The fourth-order valence-corrected chi connectivity index (χ4v) is 8.13. The van der Waals surface area contributed by atoms with Crippen LogP contribution < -0.4 is 0 Å². The molecule has 0 aliphatic carbocycles. The molecular formula is C66H110O6. The van der Waals surface area contributed by atoms with Crippen LogP contribution in [0.4, 0.5) is 0 Å². The molecule has 0 rings (SSSR count). The minimum atomic E-state index is -0.792. The number of allylic oxidation sites excluding steroid dienone is 18. The van der Waals surface area contributed by atoms with Gasteiger partial charge in [-0.15, -0.1) is 0 Å². The summed E-state index contributed by atoms with van der Waals surface area (Å²) in [5.74, 6) is -0.908. The Kier molecular flexibility index (Phi) is 56.4.